The van der Waals surface area contributed by atoms with E-state index in [0.29, 0.717) is 5.82 Å². The lowest BCUT2D eigenvalue weighted by atomic mass is 9.82. The number of furan rings is 1. The Labute approximate surface area is 325 Å². The van der Waals surface area contributed by atoms with E-state index in [4.69, 9.17) is 14.4 Å². The molecule has 1 aliphatic carbocycles. The molecule has 10 aromatic rings. The first kappa shape index (κ1) is 32.3. The predicted molar refractivity (Wildman–Crippen MR) is 232 cm³/mol. The lowest BCUT2D eigenvalue weighted by Crippen LogP contribution is -2.14. The number of benzene rings is 8. The molecule has 0 atom stereocenters. The predicted octanol–water partition coefficient (Wildman–Crippen LogP) is 14.2. The number of aromatic nitrogens is 2. The summed E-state index contributed by atoms with van der Waals surface area (Å²) < 4.78 is 6.54. The van der Waals surface area contributed by atoms with E-state index in [0.717, 1.165) is 72.3 Å². The van der Waals surface area contributed by atoms with Crippen LogP contribution in [-0.4, -0.2) is 9.97 Å². The second-order valence-electron chi connectivity index (χ2n) is 15.4. The molecule has 264 valence electrons. The maximum absolute atomic E-state index is 6.54. The molecule has 0 fully saturated rings. The minimum absolute atomic E-state index is 0.118. The molecule has 0 N–H and O–H groups in total. The largest absolute Gasteiger partial charge is 0.456 e. The van der Waals surface area contributed by atoms with E-state index < -0.39 is 0 Å². The molecule has 3 nitrogen and oxygen atoms in total. The zero-order chi connectivity index (χ0) is 37.4. The number of fused-ring (bicyclic) bond motifs is 8. The van der Waals surface area contributed by atoms with Crippen molar-refractivity contribution in [3.8, 4) is 67.3 Å². The first-order valence-corrected chi connectivity index (χ1v) is 19.2. The first-order chi connectivity index (χ1) is 27.5. The highest BCUT2D eigenvalue weighted by atomic mass is 16.3. The Hall–Kier alpha value is -7.10. The molecule has 0 saturated heterocycles. The van der Waals surface area contributed by atoms with Crippen molar-refractivity contribution >= 4 is 32.7 Å². The number of hydrogen-bond acceptors (Lipinski definition) is 3. The molecule has 0 unspecified atom stereocenters. The van der Waals surface area contributed by atoms with Gasteiger partial charge in [0.2, 0.25) is 0 Å². The fourth-order valence-corrected chi connectivity index (χ4v) is 8.88. The Morgan fingerprint density at radius 3 is 1.91 bits per heavy atom. The van der Waals surface area contributed by atoms with E-state index in [9.17, 15) is 0 Å². The van der Waals surface area contributed by atoms with Gasteiger partial charge in [0, 0.05) is 32.9 Å². The Balaban J connectivity index is 1.13. The summed E-state index contributed by atoms with van der Waals surface area (Å²) in [6.07, 6.45) is 0. The van der Waals surface area contributed by atoms with Gasteiger partial charge in [-0.3, -0.25) is 0 Å². The average molecular weight is 717 g/mol. The van der Waals surface area contributed by atoms with Crippen molar-refractivity contribution < 1.29 is 4.42 Å². The molecule has 11 rings (SSSR count). The van der Waals surface area contributed by atoms with Gasteiger partial charge in [0.15, 0.2) is 5.82 Å². The topological polar surface area (TPSA) is 38.9 Å². The average Bonchev–Trinajstić information content (AvgIpc) is 3.76. The summed E-state index contributed by atoms with van der Waals surface area (Å²) in [5.74, 6) is 0.698. The molecule has 0 saturated carbocycles. The van der Waals surface area contributed by atoms with Gasteiger partial charge in [-0.15, -0.1) is 0 Å². The Morgan fingerprint density at radius 2 is 1.07 bits per heavy atom. The van der Waals surface area contributed by atoms with E-state index in [-0.39, 0.29) is 5.41 Å². The van der Waals surface area contributed by atoms with E-state index in [2.05, 4.69) is 190 Å². The Morgan fingerprint density at radius 1 is 0.411 bits per heavy atom. The van der Waals surface area contributed by atoms with Crippen LogP contribution in [0.2, 0.25) is 0 Å². The standard InChI is InChI=1S/C53H36N2O/c1-53(2)44-22-12-11-20-41(44)50-42(21-13-23-45(50)53)47-32-46(54-52(55-47)35-17-7-4-8-18-35)39-29-37(33-14-5-3-6-15-33)28-38(30-39)36-24-26-43-49(31-36)56-48-27-25-34-16-9-10-19-40(34)51(43)48/h3-32H,1-2H3. The van der Waals surface area contributed by atoms with E-state index in [1.54, 1.807) is 0 Å². The zero-order valence-corrected chi connectivity index (χ0v) is 31.1. The van der Waals surface area contributed by atoms with Crippen molar-refractivity contribution in [2.75, 3.05) is 0 Å². The molecule has 56 heavy (non-hydrogen) atoms. The van der Waals surface area contributed by atoms with Crippen LogP contribution >= 0.6 is 0 Å². The number of hydrogen-bond donors (Lipinski definition) is 0. The quantitative estimate of drug-likeness (QED) is 0.178. The van der Waals surface area contributed by atoms with Crippen molar-refractivity contribution in [1.82, 2.24) is 9.97 Å². The molecule has 8 aromatic carbocycles. The van der Waals surface area contributed by atoms with Crippen molar-refractivity contribution in [1.29, 1.82) is 0 Å². The fourth-order valence-electron chi connectivity index (χ4n) is 8.88. The fraction of sp³-hybridized carbons (Fsp3) is 0.0566. The summed E-state index contributed by atoms with van der Waals surface area (Å²) in [5, 5.41) is 4.69. The summed E-state index contributed by atoms with van der Waals surface area (Å²) in [5.41, 5.74) is 16.2. The van der Waals surface area contributed by atoms with Crippen LogP contribution in [0, 0.1) is 0 Å². The van der Waals surface area contributed by atoms with Gasteiger partial charge in [0.25, 0.3) is 0 Å². The molecular formula is C53H36N2O. The third-order valence-corrected chi connectivity index (χ3v) is 11.7. The smallest absolute Gasteiger partial charge is 0.160 e. The van der Waals surface area contributed by atoms with Crippen LogP contribution in [0.5, 0.6) is 0 Å². The molecular weight excluding hydrogens is 681 g/mol. The lowest BCUT2D eigenvalue weighted by molar-refractivity contribution is 0.660. The summed E-state index contributed by atoms with van der Waals surface area (Å²) in [4.78, 5) is 10.6. The highest BCUT2D eigenvalue weighted by Crippen LogP contribution is 2.52. The van der Waals surface area contributed by atoms with Crippen LogP contribution < -0.4 is 0 Å². The highest BCUT2D eigenvalue weighted by Gasteiger charge is 2.36. The molecule has 0 amide bonds. The van der Waals surface area contributed by atoms with Gasteiger partial charge in [0.1, 0.15) is 11.2 Å². The van der Waals surface area contributed by atoms with Gasteiger partial charge in [-0.05, 0) is 97.7 Å². The molecule has 1 aliphatic rings. The van der Waals surface area contributed by atoms with Gasteiger partial charge in [-0.1, -0.05) is 153 Å². The Bertz CT molecular complexity index is 3160. The van der Waals surface area contributed by atoms with E-state index in [1.165, 1.54) is 33.0 Å². The normalized spacial score (nSPS) is 13.0. The SMILES string of the molecule is CC1(C)c2ccccc2-c2c(-c3cc(-c4cc(-c5ccccc5)cc(-c5ccc6c(c5)oc5ccc7ccccc7c56)c4)nc(-c4ccccc4)n3)cccc21. The van der Waals surface area contributed by atoms with Crippen LogP contribution in [0.4, 0.5) is 0 Å². The minimum Gasteiger partial charge on any atom is -0.456 e. The van der Waals surface area contributed by atoms with E-state index in [1.807, 2.05) is 6.07 Å². The second-order valence-corrected chi connectivity index (χ2v) is 15.4. The summed E-state index contributed by atoms with van der Waals surface area (Å²) in [7, 11) is 0. The van der Waals surface area contributed by atoms with Gasteiger partial charge >= 0.3 is 0 Å². The molecule has 0 bridgehead atoms. The zero-order valence-electron chi connectivity index (χ0n) is 31.1. The minimum atomic E-state index is -0.118. The van der Waals surface area contributed by atoms with Crippen LogP contribution in [-0.2, 0) is 5.41 Å². The van der Waals surface area contributed by atoms with E-state index >= 15 is 0 Å². The van der Waals surface area contributed by atoms with Crippen molar-refractivity contribution in [2.45, 2.75) is 19.3 Å². The maximum atomic E-state index is 6.54. The van der Waals surface area contributed by atoms with Gasteiger partial charge < -0.3 is 4.42 Å². The molecule has 0 aliphatic heterocycles. The molecule has 0 radical (unpaired) electrons. The van der Waals surface area contributed by atoms with Crippen LogP contribution in [0.1, 0.15) is 25.0 Å². The third-order valence-electron chi connectivity index (χ3n) is 11.7. The Kier molecular flexibility index (Phi) is 7.20. The first-order valence-electron chi connectivity index (χ1n) is 19.2. The summed E-state index contributed by atoms with van der Waals surface area (Å²) >= 11 is 0. The number of rotatable bonds is 5. The maximum Gasteiger partial charge on any atom is 0.160 e. The van der Waals surface area contributed by atoms with Crippen LogP contribution in [0.3, 0.4) is 0 Å². The monoisotopic (exact) mass is 716 g/mol. The van der Waals surface area contributed by atoms with Crippen molar-refractivity contribution in [3.63, 3.8) is 0 Å². The van der Waals surface area contributed by atoms with Gasteiger partial charge in [-0.25, -0.2) is 9.97 Å². The van der Waals surface area contributed by atoms with Crippen LogP contribution in [0.15, 0.2) is 186 Å². The highest BCUT2D eigenvalue weighted by molar-refractivity contribution is 6.19. The van der Waals surface area contributed by atoms with Crippen molar-refractivity contribution in [3.05, 3.63) is 193 Å². The summed E-state index contributed by atoms with van der Waals surface area (Å²) in [6, 6.07) is 64.7. The number of nitrogens with zero attached hydrogens (tertiary/aromatic N) is 2. The molecule has 2 aromatic heterocycles. The molecule has 0 spiro atoms. The summed E-state index contributed by atoms with van der Waals surface area (Å²) in [6.45, 7) is 4.65. The molecule has 2 heterocycles. The van der Waals surface area contributed by atoms with Gasteiger partial charge in [0.05, 0.1) is 11.4 Å². The van der Waals surface area contributed by atoms with Gasteiger partial charge in [-0.2, -0.15) is 0 Å². The molecule has 3 heteroatoms. The van der Waals surface area contributed by atoms with Crippen molar-refractivity contribution in [2.24, 2.45) is 0 Å². The van der Waals surface area contributed by atoms with Crippen LogP contribution in [0.25, 0.3) is 100.0 Å². The lowest BCUT2D eigenvalue weighted by Gasteiger charge is -2.21. The second kappa shape index (κ2) is 12.5. The third kappa shape index (κ3) is 5.12.